The highest BCUT2D eigenvalue weighted by Crippen LogP contribution is 2.01. The van der Waals surface area contributed by atoms with Crippen molar-refractivity contribution in [2.75, 3.05) is 5.73 Å². The van der Waals surface area contributed by atoms with Gasteiger partial charge in [0.25, 0.3) is 5.91 Å². The lowest BCUT2D eigenvalue weighted by molar-refractivity contribution is 0.0940. The maximum Gasteiger partial charge on any atom is 0.298 e. The van der Waals surface area contributed by atoms with Crippen molar-refractivity contribution in [3.05, 3.63) is 35.9 Å². The molecule has 0 saturated carbocycles. The predicted molar refractivity (Wildman–Crippen MR) is 53.1 cm³/mol. The Morgan fingerprint density at radius 3 is 2.87 bits per heavy atom. The molecular formula is C9H9N5O. The first-order valence-electron chi connectivity index (χ1n) is 4.32. The van der Waals surface area contributed by atoms with Gasteiger partial charge in [-0.25, -0.2) is 9.97 Å². The van der Waals surface area contributed by atoms with Crippen molar-refractivity contribution < 1.29 is 4.79 Å². The van der Waals surface area contributed by atoms with Crippen molar-refractivity contribution in [2.45, 2.75) is 6.92 Å². The molecule has 0 amide bonds. The molecule has 2 aromatic rings. The second kappa shape index (κ2) is 3.49. The number of aryl methyl sites for hydroxylation is 1. The van der Waals surface area contributed by atoms with Gasteiger partial charge in [-0.2, -0.15) is 4.68 Å². The highest BCUT2D eigenvalue weighted by Gasteiger charge is 2.11. The molecule has 0 aliphatic rings. The van der Waals surface area contributed by atoms with E-state index in [0.717, 1.165) is 10.4 Å². The SMILES string of the molecule is Cc1cccc(C(=O)n2cnc(N)n2)n1. The highest BCUT2D eigenvalue weighted by atomic mass is 16.2. The number of aromatic nitrogens is 4. The van der Waals surface area contributed by atoms with Gasteiger partial charge in [0, 0.05) is 5.69 Å². The fourth-order valence-electron chi connectivity index (χ4n) is 1.15. The van der Waals surface area contributed by atoms with E-state index in [1.165, 1.54) is 6.33 Å². The number of nitrogens with zero attached hydrogens (tertiary/aromatic N) is 4. The summed E-state index contributed by atoms with van der Waals surface area (Å²) in [5.74, 6) is -0.279. The lowest BCUT2D eigenvalue weighted by Crippen LogP contribution is -2.14. The Kier molecular flexibility index (Phi) is 2.17. The molecule has 6 heteroatoms. The van der Waals surface area contributed by atoms with Gasteiger partial charge in [-0.15, -0.1) is 5.10 Å². The van der Waals surface area contributed by atoms with Crippen molar-refractivity contribution in [2.24, 2.45) is 0 Å². The maximum atomic E-state index is 11.8. The van der Waals surface area contributed by atoms with E-state index in [9.17, 15) is 4.79 Å². The number of rotatable bonds is 1. The highest BCUT2D eigenvalue weighted by molar-refractivity contribution is 5.93. The standard InChI is InChI=1S/C9H9N5O/c1-6-3-2-4-7(12-6)8(15)14-5-11-9(10)13-14/h2-5H,1H3,(H2,10,13). The van der Waals surface area contributed by atoms with E-state index in [-0.39, 0.29) is 11.9 Å². The Labute approximate surface area is 85.8 Å². The van der Waals surface area contributed by atoms with E-state index in [2.05, 4.69) is 15.1 Å². The van der Waals surface area contributed by atoms with Crippen LogP contribution in [0.25, 0.3) is 0 Å². The first kappa shape index (κ1) is 9.32. The number of nitrogens with two attached hydrogens (primary N) is 1. The number of hydrogen-bond acceptors (Lipinski definition) is 5. The fourth-order valence-corrected chi connectivity index (χ4v) is 1.15. The van der Waals surface area contributed by atoms with E-state index < -0.39 is 0 Å². The molecule has 0 aliphatic carbocycles. The molecule has 2 rings (SSSR count). The van der Waals surface area contributed by atoms with Crippen LogP contribution in [0.3, 0.4) is 0 Å². The van der Waals surface area contributed by atoms with Crippen LogP contribution in [0.4, 0.5) is 5.95 Å². The monoisotopic (exact) mass is 203 g/mol. The normalized spacial score (nSPS) is 10.2. The Morgan fingerprint density at radius 1 is 1.47 bits per heavy atom. The lowest BCUT2D eigenvalue weighted by Gasteiger charge is -1.99. The molecule has 0 saturated heterocycles. The van der Waals surface area contributed by atoms with Gasteiger partial charge in [0.05, 0.1) is 0 Å². The predicted octanol–water partition coefficient (Wildman–Crippen LogP) is 0.252. The molecular weight excluding hydrogens is 194 g/mol. The van der Waals surface area contributed by atoms with Crippen molar-refractivity contribution in [3.63, 3.8) is 0 Å². The summed E-state index contributed by atoms with van der Waals surface area (Å²) < 4.78 is 1.07. The van der Waals surface area contributed by atoms with Crippen LogP contribution in [0.2, 0.25) is 0 Å². The molecule has 0 fully saturated rings. The van der Waals surface area contributed by atoms with Crippen LogP contribution in [0.15, 0.2) is 24.5 Å². The Hall–Kier alpha value is -2.24. The van der Waals surface area contributed by atoms with Gasteiger partial charge < -0.3 is 5.73 Å². The first-order valence-corrected chi connectivity index (χ1v) is 4.32. The molecule has 2 heterocycles. The van der Waals surface area contributed by atoms with Crippen LogP contribution in [-0.2, 0) is 0 Å². The average Bonchev–Trinajstić information content (AvgIpc) is 2.64. The molecule has 0 radical (unpaired) electrons. The van der Waals surface area contributed by atoms with E-state index in [0.29, 0.717) is 5.69 Å². The molecule has 0 unspecified atom stereocenters. The number of hydrogen-bond donors (Lipinski definition) is 1. The summed E-state index contributed by atoms with van der Waals surface area (Å²) in [6.45, 7) is 1.81. The Bertz CT molecular complexity index is 505. The van der Waals surface area contributed by atoms with E-state index >= 15 is 0 Å². The van der Waals surface area contributed by atoms with Crippen LogP contribution in [0.5, 0.6) is 0 Å². The largest absolute Gasteiger partial charge is 0.366 e. The third-order valence-electron chi connectivity index (χ3n) is 1.83. The molecule has 76 valence electrons. The van der Waals surface area contributed by atoms with Crippen molar-refractivity contribution in [1.82, 2.24) is 19.7 Å². The summed E-state index contributed by atoms with van der Waals surface area (Å²) in [4.78, 5) is 19.5. The zero-order valence-electron chi connectivity index (χ0n) is 8.08. The smallest absolute Gasteiger partial charge is 0.298 e. The van der Waals surface area contributed by atoms with Crippen LogP contribution >= 0.6 is 0 Å². The molecule has 0 bridgehead atoms. The van der Waals surface area contributed by atoms with Gasteiger partial charge in [-0.3, -0.25) is 4.79 Å². The van der Waals surface area contributed by atoms with Crippen LogP contribution in [-0.4, -0.2) is 25.7 Å². The van der Waals surface area contributed by atoms with E-state index in [1.807, 2.05) is 13.0 Å². The zero-order valence-corrected chi connectivity index (χ0v) is 8.08. The van der Waals surface area contributed by atoms with Crippen LogP contribution in [0, 0.1) is 6.92 Å². The van der Waals surface area contributed by atoms with Gasteiger partial charge >= 0.3 is 0 Å². The third kappa shape index (κ3) is 1.83. The van der Waals surface area contributed by atoms with Crippen molar-refractivity contribution in [1.29, 1.82) is 0 Å². The van der Waals surface area contributed by atoms with Crippen LogP contribution < -0.4 is 5.73 Å². The second-order valence-corrected chi connectivity index (χ2v) is 3.02. The number of anilines is 1. The Balaban J connectivity index is 2.36. The molecule has 6 nitrogen and oxygen atoms in total. The zero-order chi connectivity index (χ0) is 10.8. The summed E-state index contributed by atoms with van der Waals surface area (Å²) in [6.07, 6.45) is 1.27. The lowest BCUT2D eigenvalue weighted by atomic mass is 10.3. The molecule has 0 atom stereocenters. The molecule has 2 aromatic heterocycles. The summed E-state index contributed by atoms with van der Waals surface area (Å²) in [5, 5.41) is 3.71. The number of nitrogen functional groups attached to an aromatic ring is 1. The second-order valence-electron chi connectivity index (χ2n) is 3.02. The molecule has 2 N–H and O–H groups in total. The fraction of sp³-hybridized carbons (Fsp3) is 0.111. The summed E-state index contributed by atoms with van der Waals surface area (Å²) >= 11 is 0. The average molecular weight is 203 g/mol. The minimum Gasteiger partial charge on any atom is -0.366 e. The summed E-state index contributed by atoms with van der Waals surface area (Å²) in [7, 11) is 0. The van der Waals surface area contributed by atoms with Crippen molar-refractivity contribution in [3.8, 4) is 0 Å². The van der Waals surface area contributed by atoms with Crippen molar-refractivity contribution >= 4 is 11.9 Å². The summed E-state index contributed by atoms with van der Waals surface area (Å²) in [6, 6.07) is 5.19. The number of carbonyl (C=O) groups is 1. The van der Waals surface area contributed by atoms with Gasteiger partial charge in [0.1, 0.15) is 12.0 Å². The van der Waals surface area contributed by atoms with Gasteiger partial charge in [-0.05, 0) is 19.1 Å². The van der Waals surface area contributed by atoms with Crippen LogP contribution in [0.1, 0.15) is 16.2 Å². The van der Waals surface area contributed by atoms with Gasteiger partial charge in [0.15, 0.2) is 0 Å². The molecule has 15 heavy (non-hydrogen) atoms. The summed E-state index contributed by atoms with van der Waals surface area (Å²) in [5.41, 5.74) is 6.40. The molecule has 0 aromatic carbocycles. The topological polar surface area (TPSA) is 86.7 Å². The number of carbonyl (C=O) groups excluding carboxylic acids is 1. The molecule has 0 spiro atoms. The third-order valence-corrected chi connectivity index (χ3v) is 1.83. The Morgan fingerprint density at radius 2 is 2.27 bits per heavy atom. The molecule has 0 aliphatic heterocycles. The van der Waals surface area contributed by atoms with E-state index in [1.54, 1.807) is 12.1 Å². The van der Waals surface area contributed by atoms with Gasteiger partial charge in [0.2, 0.25) is 5.95 Å². The van der Waals surface area contributed by atoms with Gasteiger partial charge in [-0.1, -0.05) is 6.07 Å². The first-order chi connectivity index (χ1) is 7.16. The minimum atomic E-state index is -0.345. The maximum absolute atomic E-state index is 11.8. The minimum absolute atomic E-state index is 0.0657. The number of pyridine rings is 1. The van der Waals surface area contributed by atoms with E-state index in [4.69, 9.17) is 5.73 Å². The quantitative estimate of drug-likeness (QED) is 0.718.